The molecule has 0 radical (unpaired) electrons. The Kier molecular flexibility index (Phi) is 6.11. The molecule has 4 aromatic rings. The van der Waals surface area contributed by atoms with Gasteiger partial charge in [0.15, 0.2) is 0 Å². The van der Waals surface area contributed by atoms with E-state index in [-0.39, 0.29) is 11.8 Å². The summed E-state index contributed by atoms with van der Waals surface area (Å²) in [7, 11) is 0. The molecule has 31 heavy (non-hydrogen) atoms. The first-order chi connectivity index (χ1) is 15.1. The van der Waals surface area contributed by atoms with Gasteiger partial charge in [0.25, 0.3) is 11.8 Å². The summed E-state index contributed by atoms with van der Waals surface area (Å²) in [4.78, 5) is 25.0. The van der Waals surface area contributed by atoms with Gasteiger partial charge in [0, 0.05) is 16.8 Å². The van der Waals surface area contributed by atoms with Crippen LogP contribution in [0.5, 0.6) is 0 Å². The van der Waals surface area contributed by atoms with Crippen LogP contribution < -0.4 is 10.6 Å². The summed E-state index contributed by atoms with van der Waals surface area (Å²) in [6, 6.07) is 31.1. The Balaban J connectivity index is 1.40. The Hall–Kier alpha value is -3.89. The number of nitrogens with one attached hydrogen (secondary N) is 2. The van der Waals surface area contributed by atoms with E-state index < -0.39 is 0 Å². The highest BCUT2D eigenvalue weighted by Gasteiger charge is 2.10. The molecule has 5 heteroatoms. The second-order valence-corrected chi connectivity index (χ2v) is 7.32. The highest BCUT2D eigenvalue weighted by Crippen LogP contribution is 2.22. The van der Waals surface area contributed by atoms with Crippen molar-refractivity contribution in [3.63, 3.8) is 0 Å². The highest BCUT2D eigenvalue weighted by atomic mass is 35.5. The Labute approximate surface area is 185 Å². The van der Waals surface area contributed by atoms with Gasteiger partial charge in [0.1, 0.15) is 0 Å². The van der Waals surface area contributed by atoms with E-state index in [0.29, 0.717) is 27.5 Å². The van der Waals surface area contributed by atoms with Gasteiger partial charge in [0.05, 0.1) is 10.7 Å². The van der Waals surface area contributed by atoms with E-state index in [1.54, 1.807) is 60.7 Å². The predicted octanol–water partition coefficient (Wildman–Crippen LogP) is 6.51. The second kappa shape index (κ2) is 9.28. The lowest BCUT2D eigenvalue weighted by Crippen LogP contribution is -2.14. The van der Waals surface area contributed by atoms with Gasteiger partial charge >= 0.3 is 0 Å². The molecule has 0 heterocycles. The van der Waals surface area contributed by atoms with Crippen LogP contribution in [0.1, 0.15) is 20.7 Å². The third-order valence-electron chi connectivity index (χ3n) is 4.78. The molecule has 0 aliphatic rings. The number of hydrogen-bond acceptors (Lipinski definition) is 2. The molecule has 0 unspecified atom stereocenters. The van der Waals surface area contributed by atoms with Crippen molar-refractivity contribution in [2.75, 3.05) is 10.6 Å². The summed E-state index contributed by atoms with van der Waals surface area (Å²) in [6.45, 7) is 0. The maximum absolute atomic E-state index is 12.6. The standard InChI is InChI=1S/C26H19ClN2O2/c27-23-8-4-5-9-24(23)29-26(31)21-14-16-22(17-15-21)28-25(30)20-12-10-19(11-13-20)18-6-2-1-3-7-18/h1-17H,(H,28,30)(H,29,31). The lowest BCUT2D eigenvalue weighted by molar-refractivity contribution is 0.102. The SMILES string of the molecule is O=C(Nc1ccc(C(=O)Nc2ccccc2Cl)cc1)c1ccc(-c2ccccc2)cc1. The zero-order valence-electron chi connectivity index (χ0n) is 16.5. The number of anilines is 2. The minimum absolute atomic E-state index is 0.215. The van der Waals surface area contributed by atoms with Crippen LogP contribution in [0.15, 0.2) is 103 Å². The molecule has 4 rings (SSSR count). The summed E-state index contributed by atoms with van der Waals surface area (Å²) in [5.41, 5.74) is 4.31. The number of rotatable bonds is 5. The van der Waals surface area contributed by atoms with Crippen molar-refractivity contribution in [1.29, 1.82) is 0 Å². The van der Waals surface area contributed by atoms with Gasteiger partial charge in [-0.15, -0.1) is 0 Å². The number of amides is 2. The van der Waals surface area contributed by atoms with Gasteiger partial charge in [-0.2, -0.15) is 0 Å². The third kappa shape index (κ3) is 5.00. The first-order valence-electron chi connectivity index (χ1n) is 9.73. The van der Waals surface area contributed by atoms with Gasteiger partial charge in [-0.05, 0) is 59.7 Å². The number of benzene rings is 4. The molecule has 0 aliphatic heterocycles. The molecule has 2 amide bonds. The molecule has 0 aromatic heterocycles. The lowest BCUT2D eigenvalue weighted by atomic mass is 10.0. The maximum atomic E-state index is 12.6. The number of hydrogen-bond donors (Lipinski definition) is 2. The molecule has 0 saturated carbocycles. The Bertz CT molecular complexity index is 1200. The molecule has 152 valence electrons. The summed E-state index contributed by atoms with van der Waals surface area (Å²) in [5.74, 6) is -0.490. The Morgan fingerprint density at radius 3 is 1.71 bits per heavy atom. The van der Waals surface area contributed by atoms with Crippen molar-refractivity contribution in [3.05, 3.63) is 119 Å². The molecular weight excluding hydrogens is 408 g/mol. The van der Waals surface area contributed by atoms with E-state index in [9.17, 15) is 9.59 Å². The monoisotopic (exact) mass is 426 g/mol. The molecule has 0 spiro atoms. The molecule has 4 nitrogen and oxygen atoms in total. The second-order valence-electron chi connectivity index (χ2n) is 6.91. The summed E-state index contributed by atoms with van der Waals surface area (Å²) >= 11 is 6.08. The number of carbonyl (C=O) groups is 2. The molecule has 0 fully saturated rings. The zero-order chi connectivity index (χ0) is 21.6. The maximum Gasteiger partial charge on any atom is 0.255 e. The molecule has 4 aromatic carbocycles. The van der Waals surface area contributed by atoms with Crippen molar-refractivity contribution in [1.82, 2.24) is 0 Å². The van der Waals surface area contributed by atoms with Crippen LogP contribution in [0.25, 0.3) is 11.1 Å². The number of carbonyl (C=O) groups excluding carboxylic acids is 2. The van der Waals surface area contributed by atoms with Crippen molar-refractivity contribution in [2.45, 2.75) is 0 Å². The van der Waals surface area contributed by atoms with Gasteiger partial charge < -0.3 is 10.6 Å². The Morgan fingerprint density at radius 2 is 1.06 bits per heavy atom. The molecule has 0 bridgehead atoms. The van der Waals surface area contributed by atoms with Crippen molar-refractivity contribution in [2.24, 2.45) is 0 Å². The first kappa shape index (κ1) is 20.4. The predicted molar refractivity (Wildman–Crippen MR) is 126 cm³/mol. The first-order valence-corrected chi connectivity index (χ1v) is 10.1. The molecule has 0 saturated heterocycles. The summed E-state index contributed by atoms with van der Waals surface area (Å²) in [6.07, 6.45) is 0. The fourth-order valence-corrected chi connectivity index (χ4v) is 3.29. The molecule has 0 aliphatic carbocycles. The van der Waals surface area contributed by atoms with E-state index in [4.69, 9.17) is 11.6 Å². The normalized spacial score (nSPS) is 10.4. The Morgan fingerprint density at radius 1 is 0.548 bits per heavy atom. The van der Waals surface area contributed by atoms with Crippen LogP contribution in [0.4, 0.5) is 11.4 Å². The van der Waals surface area contributed by atoms with E-state index in [0.717, 1.165) is 11.1 Å². The van der Waals surface area contributed by atoms with Crippen molar-refractivity contribution < 1.29 is 9.59 Å². The number of para-hydroxylation sites is 1. The fraction of sp³-hybridized carbons (Fsp3) is 0. The quantitative estimate of drug-likeness (QED) is 0.382. The van der Waals surface area contributed by atoms with Gasteiger partial charge in [0.2, 0.25) is 0 Å². The molecular formula is C26H19ClN2O2. The average molecular weight is 427 g/mol. The van der Waals surface area contributed by atoms with E-state index in [1.165, 1.54) is 0 Å². The van der Waals surface area contributed by atoms with Crippen LogP contribution in [-0.4, -0.2) is 11.8 Å². The van der Waals surface area contributed by atoms with Crippen molar-refractivity contribution >= 4 is 34.8 Å². The van der Waals surface area contributed by atoms with Crippen LogP contribution >= 0.6 is 11.6 Å². The summed E-state index contributed by atoms with van der Waals surface area (Å²) in [5, 5.41) is 6.09. The van der Waals surface area contributed by atoms with E-state index in [2.05, 4.69) is 10.6 Å². The minimum Gasteiger partial charge on any atom is -0.322 e. The fourth-order valence-electron chi connectivity index (χ4n) is 3.11. The smallest absolute Gasteiger partial charge is 0.255 e. The largest absolute Gasteiger partial charge is 0.322 e. The molecule has 2 N–H and O–H groups in total. The lowest BCUT2D eigenvalue weighted by Gasteiger charge is -2.09. The van der Waals surface area contributed by atoms with Gasteiger partial charge in [-0.1, -0.05) is 66.2 Å². The van der Waals surface area contributed by atoms with Gasteiger partial charge in [-0.3, -0.25) is 9.59 Å². The minimum atomic E-state index is -0.275. The average Bonchev–Trinajstić information content (AvgIpc) is 2.81. The van der Waals surface area contributed by atoms with Crippen LogP contribution in [0.2, 0.25) is 5.02 Å². The summed E-state index contributed by atoms with van der Waals surface area (Å²) < 4.78 is 0. The topological polar surface area (TPSA) is 58.2 Å². The van der Waals surface area contributed by atoms with E-state index >= 15 is 0 Å². The van der Waals surface area contributed by atoms with E-state index in [1.807, 2.05) is 42.5 Å². The van der Waals surface area contributed by atoms with Crippen molar-refractivity contribution in [3.8, 4) is 11.1 Å². The van der Waals surface area contributed by atoms with Crippen LogP contribution in [0, 0.1) is 0 Å². The van der Waals surface area contributed by atoms with Crippen LogP contribution in [0.3, 0.4) is 0 Å². The highest BCUT2D eigenvalue weighted by molar-refractivity contribution is 6.33. The molecule has 0 atom stereocenters. The number of halogens is 1. The zero-order valence-corrected chi connectivity index (χ0v) is 17.3. The van der Waals surface area contributed by atoms with Crippen LogP contribution in [-0.2, 0) is 0 Å². The van der Waals surface area contributed by atoms with Gasteiger partial charge in [-0.25, -0.2) is 0 Å². The third-order valence-corrected chi connectivity index (χ3v) is 5.11.